The molecule has 8 heteroatoms. The summed E-state index contributed by atoms with van der Waals surface area (Å²) in [4.78, 5) is 1.91. The number of hydrogen-bond acceptors (Lipinski definition) is 3. The number of aryl methyl sites for hydroxylation is 1. The Balaban J connectivity index is 3.17. The zero-order valence-electron chi connectivity index (χ0n) is 11.5. The Labute approximate surface area is 116 Å². The number of nitrogens with one attached hydrogen (secondary N) is 1. The minimum absolute atomic E-state index is 0.0632. The summed E-state index contributed by atoms with van der Waals surface area (Å²) < 4.78 is 61.0. The summed E-state index contributed by atoms with van der Waals surface area (Å²) >= 11 is 0. The molecule has 0 saturated carbocycles. The van der Waals surface area contributed by atoms with Gasteiger partial charge in [-0.2, -0.15) is 21.6 Å². The molecule has 0 aliphatic rings. The van der Waals surface area contributed by atoms with E-state index in [4.69, 9.17) is 0 Å². The molecule has 114 valence electrons. The Morgan fingerprint density at radius 2 is 1.75 bits per heavy atom. The van der Waals surface area contributed by atoms with Crippen LogP contribution < -0.4 is 9.62 Å². The van der Waals surface area contributed by atoms with Crippen LogP contribution in [0.25, 0.3) is 0 Å². The van der Waals surface area contributed by atoms with Crippen molar-refractivity contribution in [3.05, 3.63) is 23.8 Å². The van der Waals surface area contributed by atoms with Crippen LogP contribution >= 0.6 is 0 Å². The molecule has 0 radical (unpaired) electrons. The Morgan fingerprint density at radius 1 is 1.20 bits per heavy atom. The molecule has 1 aromatic carbocycles. The molecule has 0 aliphatic heterocycles. The lowest BCUT2D eigenvalue weighted by Crippen LogP contribution is -2.30. The summed E-state index contributed by atoms with van der Waals surface area (Å²) in [5.41, 5.74) is -4.30. The van der Waals surface area contributed by atoms with E-state index in [9.17, 15) is 21.6 Å². The van der Waals surface area contributed by atoms with Gasteiger partial charge in [0, 0.05) is 18.8 Å². The van der Waals surface area contributed by atoms with Crippen molar-refractivity contribution >= 4 is 21.4 Å². The van der Waals surface area contributed by atoms with Gasteiger partial charge in [0.05, 0.1) is 5.69 Å². The number of benzene rings is 1. The third kappa shape index (κ3) is 3.56. The largest absolute Gasteiger partial charge is 0.516 e. The first-order valence-electron chi connectivity index (χ1n) is 6.07. The van der Waals surface area contributed by atoms with E-state index in [-0.39, 0.29) is 5.69 Å². The maximum atomic E-state index is 12.4. The zero-order valence-corrected chi connectivity index (χ0v) is 12.3. The third-order valence-electron chi connectivity index (χ3n) is 2.90. The van der Waals surface area contributed by atoms with E-state index in [0.717, 1.165) is 0 Å². The van der Waals surface area contributed by atoms with Gasteiger partial charge in [-0.15, -0.1) is 0 Å². The van der Waals surface area contributed by atoms with Crippen molar-refractivity contribution in [1.29, 1.82) is 0 Å². The maximum absolute atomic E-state index is 12.4. The van der Waals surface area contributed by atoms with Crippen molar-refractivity contribution in [2.45, 2.75) is 26.3 Å². The molecule has 20 heavy (non-hydrogen) atoms. The molecular weight excluding hydrogens is 293 g/mol. The molecule has 0 heterocycles. The molecule has 0 aliphatic carbocycles. The fourth-order valence-electron chi connectivity index (χ4n) is 1.71. The number of rotatable bonds is 5. The van der Waals surface area contributed by atoms with Crippen molar-refractivity contribution < 1.29 is 21.6 Å². The molecule has 0 amide bonds. The lowest BCUT2D eigenvalue weighted by Gasteiger charge is -2.22. The highest BCUT2D eigenvalue weighted by Gasteiger charge is 2.46. The normalized spacial score (nSPS) is 12.3. The summed E-state index contributed by atoms with van der Waals surface area (Å²) in [6.07, 6.45) is 0. The summed E-state index contributed by atoms with van der Waals surface area (Å²) in [5, 5.41) is 0. The van der Waals surface area contributed by atoms with E-state index in [0.29, 0.717) is 24.3 Å². The summed E-state index contributed by atoms with van der Waals surface area (Å²) in [6, 6.07) is 4.74. The van der Waals surface area contributed by atoms with Crippen LogP contribution in [0.3, 0.4) is 0 Å². The van der Waals surface area contributed by atoms with Gasteiger partial charge >= 0.3 is 15.5 Å². The Bertz CT molecular complexity index is 567. The fraction of sp³-hybridized carbons (Fsp3) is 0.500. The van der Waals surface area contributed by atoms with Crippen molar-refractivity contribution in [3.8, 4) is 0 Å². The predicted molar refractivity (Wildman–Crippen MR) is 73.3 cm³/mol. The van der Waals surface area contributed by atoms with E-state index in [1.807, 2.05) is 18.7 Å². The van der Waals surface area contributed by atoms with Crippen LogP contribution in [-0.2, 0) is 10.0 Å². The number of alkyl halides is 3. The van der Waals surface area contributed by atoms with Gasteiger partial charge in [0.2, 0.25) is 0 Å². The van der Waals surface area contributed by atoms with E-state index in [1.54, 1.807) is 23.8 Å². The highest BCUT2D eigenvalue weighted by molar-refractivity contribution is 7.93. The SMILES string of the molecule is CCN(CC)c1ccc(C)c(NS(=O)(=O)C(F)(F)F)c1. The van der Waals surface area contributed by atoms with Crippen LogP contribution in [0.2, 0.25) is 0 Å². The molecule has 0 unspecified atom stereocenters. The number of nitrogens with zero attached hydrogens (tertiary/aromatic N) is 1. The van der Waals surface area contributed by atoms with Crippen molar-refractivity contribution in [1.82, 2.24) is 0 Å². The summed E-state index contributed by atoms with van der Waals surface area (Å²) in [6.45, 7) is 6.70. The second-order valence-electron chi connectivity index (χ2n) is 4.22. The lowest BCUT2D eigenvalue weighted by atomic mass is 10.1. The highest BCUT2D eigenvalue weighted by atomic mass is 32.2. The van der Waals surface area contributed by atoms with Crippen molar-refractivity contribution in [2.75, 3.05) is 22.7 Å². The second kappa shape index (κ2) is 5.90. The molecule has 0 aromatic heterocycles. The first-order chi connectivity index (χ1) is 9.12. The van der Waals surface area contributed by atoms with Crippen LogP contribution in [0.1, 0.15) is 19.4 Å². The average molecular weight is 310 g/mol. The summed E-state index contributed by atoms with van der Waals surface area (Å²) in [5.74, 6) is 0. The van der Waals surface area contributed by atoms with Gasteiger partial charge in [-0.3, -0.25) is 4.72 Å². The molecular formula is C12H17F3N2O2S. The third-order valence-corrected chi connectivity index (χ3v) is 4.00. The van der Waals surface area contributed by atoms with Gasteiger partial charge in [-0.05, 0) is 38.5 Å². The Kier molecular flexibility index (Phi) is 4.90. The number of hydrogen-bond donors (Lipinski definition) is 1. The van der Waals surface area contributed by atoms with E-state index in [2.05, 4.69) is 0 Å². The topological polar surface area (TPSA) is 49.4 Å². The lowest BCUT2D eigenvalue weighted by molar-refractivity contribution is -0.0429. The van der Waals surface area contributed by atoms with E-state index < -0.39 is 15.5 Å². The summed E-state index contributed by atoms with van der Waals surface area (Å²) in [7, 11) is -5.40. The van der Waals surface area contributed by atoms with Crippen molar-refractivity contribution in [3.63, 3.8) is 0 Å². The van der Waals surface area contributed by atoms with Gasteiger partial charge in [0.1, 0.15) is 0 Å². The molecule has 1 aromatic rings. The first-order valence-corrected chi connectivity index (χ1v) is 7.55. The molecule has 0 spiro atoms. The molecule has 0 saturated heterocycles. The van der Waals surface area contributed by atoms with Gasteiger partial charge in [0.15, 0.2) is 0 Å². The smallest absolute Gasteiger partial charge is 0.372 e. The zero-order chi connectivity index (χ0) is 15.6. The Hall–Kier alpha value is -1.44. The molecule has 1 rings (SSSR count). The van der Waals surface area contributed by atoms with Crippen LogP contribution in [-0.4, -0.2) is 27.0 Å². The fourth-order valence-corrected chi connectivity index (χ4v) is 2.33. The quantitative estimate of drug-likeness (QED) is 0.909. The average Bonchev–Trinajstić information content (AvgIpc) is 2.33. The van der Waals surface area contributed by atoms with Crippen LogP contribution in [0.15, 0.2) is 18.2 Å². The minimum Gasteiger partial charge on any atom is -0.372 e. The van der Waals surface area contributed by atoms with Gasteiger partial charge in [0.25, 0.3) is 0 Å². The number of halogens is 3. The standard InChI is InChI=1S/C12H17F3N2O2S/c1-4-17(5-2)10-7-6-9(3)11(8-10)16-20(18,19)12(13,14)15/h6-8,16H,4-5H2,1-3H3. The highest BCUT2D eigenvalue weighted by Crippen LogP contribution is 2.29. The minimum atomic E-state index is -5.40. The maximum Gasteiger partial charge on any atom is 0.516 e. The molecule has 1 N–H and O–H groups in total. The van der Waals surface area contributed by atoms with Crippen molar-refractivity contribution in [2.24, 2.45) is 0 Å². The first kappa shape index (κ1) is 16.6. The predicted octanol–water partition coefficient (Wildman–Crippen LogP) is 3.10. The monoisotopic (exact) mass is 310 g/mol. The second-order valence-corrected chi connectivity index (χ2v) is 5.90. The van der Waals surface area contributed by atoms with Crippen LogP contribution in [0, 0.1) is 6.92 Å². The number of sulfonamides is 1. The molecule has 0 atom stereocenters. The van der Waals surface area contributed by atoms with E-state index >= 15 is 0 Å². The van der Waals surface area contributed by atoms with Gasteiger partial charge < -0.3 is 4.90 Å². The van der Waals surface area contributed by atoms with Crippen LogP contribution in [0.4, 0.5) is 24.5 Å². The Morgan fingerprint density at radius 3 is 2.20 bits per heavy atom. The molecule has 0 fully saturated rings. The van der Waals surface area contributed by atoms with Crippen LogP contribution in [0.5, 0.6) is 0 Å². The van der Waals surface area contributed by atoms with Gasteiger partial charge in [-0.25, -0.2) is 0 Å². The molecule has 4 nitrogen and oxygen atoms in total. The van der Waals surface area contributed by atoms with Gasteiger partial charge in [-0.1, -0.05) is 6.07 Å². The molecule has 0 bridgehead atoms. The van der Waals surface area contributed by atoms with E-state index in [1.165, 1.54) is 6.07 Å². The number of anilines is 2.